The average molecular weight is 414 g/mol. The van der Waals surface area contributed by atoms with Crippen molar-refractivity contribution < 1.29 is 18.7 Å². The molecule has 0 spiro atoms. The van der Waals surface area contributed by atoms with Crippen LogP contribution in [-0.4, -0.2) is 57.6 Å². The molecule has 0 radical (unpaired) electrons. The topological polar surface area (TPSA) is 75.9 Å². The van der Waals surface area contributed by atoms with E-state index in [0.29, 0.717) is 30.4 Å². The zero-order valence-electron chi connectivity index (χ0n) is 18.6. The zero-order chi connectivity index (χ0) is 22.1. The molecule has 3 rings (SSSR count). The molecule has 1 aliphatic heterocycles. The van der Waals surface area contributed by atoms with Gasteiger partial charge in [-0.15, -0.1) is 0 Å². The van der Waals surface area contributed by atoms with Gasteiger partial charge in [-0.05, 0) is 53.7 Å². The Morgan fingerprint density at radius 3 is 2.33 bits per heavy atom. The highest BCUT2D eigenvalue weighted by atomic mass is 16.6. The van der Waals surface area contributed by atoms with Crippen molar-refractivity contribution in [3.05, 3.63) is 41.8 Å². The summed E-state index contributed by atoms with van der Waals surface area (Å²) in [5.74, 6) is 1.15. The summed E-state index contributed by atoms with van der Waals surface area (Å²) in [7, 11) is 0. The Kier molecular flexibility index (Phi) is 6.19. The molecule has 0 aliphatic carbocycles. The molecule has 0 N–H and O–H groups in total. The number of rotatable bonds is 3. The van der Waals surface area contributed by atoms with E-state index in [9.17, 15) is 9.59 Å². The van der Waals surface area contributed by atoms with Crippen molar-refractivity contribution in [1.82, 2.24) is 14.8 Å². The SMILES string of the molecule is Cc1oc(-c2ccccc2)nc1CC(=O)N1CCN(C(=O)OC(C)(C)C)C(C)C1C. The summed E-state index contributed by atoms with van der Waals surface area (Å²) in [5, 5.41) is 0. The third-order valence-electron chi connectivity index (χ3n) is 5.44. The van der Waals surface area contributed by atoms with Gasteiger partial charge in [0.15, 0.2) is 0 Å². The number of oxazole rings is 1. The maximum absolute atomic E-state index is 13.0. The van der Waals surface area contributed by atoms with Crippen LogP contribution in [0.4, 0.5) is 4.79 Å². The quantitative estimate of drug-likeness (QED) is 0.759. The predicted molar refractivity (Wildman–Crippen MR) is 114 cm³/mol. The van der Waals surface area contributed by atoms with Crippen molar-refractivity contribution in [1.29, 1.82) is 0 Å². The first-order valence-corrected chi connectivity index (χ1v) is 10.4. The van der Waals surface area contributed by atoms with E-state index in [0.717, 1.165) is 5.56 Å². The second kappa shape index (κ2) is 8.50. The minimum absolute atomic E-state index is 0.0193. The number of carbonyl (C=O) groups is 2. The first-order chi connectivity index (χ1) is 14.1. The van der Waals surface area contributed by atoms with E-state index in [4.69, 9.17) is 9.15 Å². The molecule has 1 fully saturated rings. The number of benzene rings is 1. The van der Waals surface area contributed by atoms with Gasteiger partial charge in [-0.3, -0.25) is 4.79 Å². The predicted octanol–water partition coefficient (Wildman–Crippen LogP) is 4.05. The van der Waals surface area contributed by atoms with Gasteiger partial charge in [-0.1, -0.05) is 18.2 Å². The van der Waals surface area contributed by atoms with E-state index in [1.54, 1.807) is 4.90 Å². The number of nitrogens with zero attached hydrogens (tertiary/aromatic N) is 3. The summed E-state index contributed by atoms with van der Waals surface area (Å²) < 4.78 is 11.3. The molecule has 1 aromatic heterocycles. The molecule has 162 valence electrons. The van der Waals surface area contributed by atoms with Gasteiger partial charge in [0.25, 0.3) is 0 Å². The van der Waals surface area contributed by atoms with E-state index < -0.39 is 5.60 Å². The van der Waals surface area contributed by atoms with Crippen molar-refractivity contribution in [2.45, 2.75) is 65.6 Å². The van der Waals surface area contributed by atoms with Crippen LogP contribution in [-0.2, 0) is 16.0 Å². The molecule has 0 saturated carbocycles. The van der Waals surface area contributed by atoms with Crippen LogP contribution in [0.3, 0.4) is 0 Å². The number of ether oxygens (including phenoxy) is 1. The third kappa shape index (κ3) is 4.83. The van der Waals surface area contributed by atoms with E-state index in [2.05, 4.69) is 4.98 Å². The highest BCUT2D eigenvalue weighted by Crippen LogP contribution is 2.24. The summed E-state index contributed by atoms with van der Waals surface area (Å²) >= 11 is 0. The Morgan fingerprint density at radius 2 is 1.70 bits per heavy atom. The van der Waals surface area contributed by atoms with Gasteiger partial charge in [-0.25, -0.2) is 9.78 Å². The van der Waals surface area contributed by atoms with Gasteiger partial charge >= 0.3 is 6.09 Å². The van der Waals surface area contributed by atoms with Crippen molar-refractivity contribution in [2.24, 2.45) is 0 Å². The van der Waals surface area contributed by atoms with Crippen molar-refractivity contribution in [2.75, 3.05) is 13.1 Å². The van der Waals surface area contributed by atoms with E-state index in [-0.39, 0.29) is 30.5 Å². The summed E-state index contributed by atoms with van der Waals surface area (Å²) in [6.07, 6.45) is -0.167. The van der Waals surface area contributed by atoms with Gasteiger partial charge in [-0.2, -0.15) is 0 Å². The van der Waals surface area contributed by atoms with Crippen LogP contribution in [0.1, 0.15) is 46.1 Å². The van der Waals surface area contributed by atoms with Crippen LogP contribution >= 0.6 is 0 Å². The second-order valence-electron chi connectivity index (χ2n) is 8.81. The molecule has 1 saturated heterocycles. The molecule has 2 unspecified atom stereocenters. The Balaban J connectivity index is 1.67. The molecule has 7 heteroatoms. The standard InChI is InChI=1S/C23H31N3O4/c1-15-16(2)26(22(28)30-23(4,5)6)13-12-25(15)20(27)14-19-17(3)29-21(24-19)18-10-8-7-9-11-18/h7-11,15-16H,12-14H2,1-6H3. The highest BCUT2D eigenvalue weighted by Gasteiger charge is 2.37. The number of carbonyl (C=O) groups excluding carboxylic acids is 2. The molecular formula is C23H31N3O4. The Labute approximate surface area is 178 Å². The van der Waals surface area contributed by atoms with Crippen LogP contribution < -0.4 is 0 Å². The van der Waals surface area contributed by atoms with E-state index in [1.165, 1.54) is 0 Å². The fraction of sp³-hybridized carbons (Fsp3) is 0.522. The van der Waals surface area contributed by atoms with Crippen LogP contribution in [0.5, 0.6) is 0 Å². The first-order valence-electron chi connectivity index (χ1n) is 10.4. The average Bonchev–Trinajstić information content (AvgIpc) is 3.03. The third-order valence-corrected chi connectivity index (χ3v) is 5.44. The second-order valence-corrected chi connectivity index (χ2v) is 8.81. The summed E-state index contributed by atoms with van der Waals surface area (Å²) in [6, 6.07) is 9.37. The first kappa shape index (κ1) is 21.9. The van der Waals surface area contributed by atoms with Crippen molar-refractivity contribution >= 4 is 12.0 Å². The minimum atomic E-state index is -0.548. The number of hydrogen-bond donors (Lipinski definition) is 0. The Hall–Kier alpha value is -2.83. The molecule has 2 heterocycles. The van der Waals surface area contributed by atoms with Crippen LogP contribution in [0.15, 0.2) is 34.7 Å². The lowest BCUT2D eigenvalue weighted by molar-refractivity contribution is -0.136. The molecule has 7 nitrogen and oxygen atoms in total. The molecule has 2 aromatic rings. The maximum atomic E-state index is 13.0. The number of piperazine rings is 1. The summed E-state index contributed by atoms with van der Waals surface area (Å²) in [4.78, 5) is 33.6. The lowest BCUT2D eigenvalue weighted by Crippen LogP contribution is -2.61. The molecule has 30 heavy (non-hydrogen) atoms. The number of aryl methyl sites for hydroxylation is 1. The maximum Gasteiger partial charge on any atom is 0.410 e. The molecule has 2 atom stereocenters. The lowest BCUT2D eigenvalue weighted by atomic mass is 10.0. The molecule has 1 aliphatic rings. The van der Waals surface area contributed by atoms with Gasteiger partial charge in [0.05, 0.1) is 18.2 Å². The highest BCUT2D eigenvalue weighted by molar-refractivity contribution is 5.79. The van der Waals surface area contributed by atoms with Crippen molar-refractivity contribution in [3.63, 3.8) is 0 Å². The molecule has 0 bridgehead atoms. The molecule has 1 aromatic carbocycles. The van der Waals surface area contributed by atoms with Gasteiger partial charge < -0.3 is 19.0 Å². The summed E-state index contributed by atoms with van der Waals surface area (Å²) in [5.41, 5.74) is 0.981. The normalized spacial score (nSPS) is 19.7. The number of hydrogen-bond acceptors (Lipinski definition) is 5. The summed E-state index contributed by atoms with van der Waals surface area (Å²) in [6.45, 7) is 12.2. The minimum Gasteiger partial charge on any atom is -0.444 e. The fourth-order valence-corrected chi connectivity index (χ4v) is 3.61. The molecular weight excluding hydrogens is 382 g/mol. The smallest absolute Gasteiger partial charge is 0.410 e. The Morgan fingerprint density at radius 1 is 1.10 bits per heavy atom. The van der Waals surface area contributed by atoms with Crippen LogP contribution in [0.25, 0.3) is 11.5 Å². The van der Waals surface area contributed by atoms with Crippen molar-refractivity contribution in [3.8, 4) is 11.5 Å². The monoisotopic (exact) mass is 413 g/mol. The van der Waals surface area contributed by atoms with Crippen LogP contribution in [0, 0.1) is 6.92 Å². The van der Waals surface area contributed by atoms with E-state index in [1.807, 2.05) is 76.8 Å². The fourth-order valence-electron chi connectivity index (χ4n) is 3.61. The number of aromatic nitrogens is 1. The number of amides is 2. The van der Waals surface area contributed by atoms with E-state index >= 15 is 0 Å². The Bertz CT molecular complexity index is 901. The van der Waals surface area contributed by atoms with Gasteiger partial charge in [0.2, 0.25) is 11.8 Å². The van der Waals surface area contributed by atoms with Gasteiger partial charge in [0, 0.05) is 24.7 Å². The van der Waals surface area contributed by atoms with Gasteiger partial charge in [0.1, 0.15) is 11.4 Å². The largest absolute Gasteiger partial charge is 0.444 e. The van der Waals surface area contributed by atoms with Crippen LogP contribution in [0.2, 0.25) is 0 Å². The lowest BCUT2D eigenvalue weighted by Gasteiger charge is -2.45. The zero-order valence-corrected chi connectivity index (χ0v) is 18.6. The molecule has 2 amide bonds.